The second-order valence-electron chi connectivity index (χ2n) is 3.29. The fourth-order valence-corrected chi connectivity index (χ4v) is 1.23. The molecule has 76 valence electrons. The van der Waals surface area contributed by atoms with Crippen LogP contribution in [-0.2, 0) is 0 Å². The zero-order valence-corrected chi connectivity index (χ0v) is 8.52. The Labute approximate surface area is 87.0 Å². The lowest BCUT2D eigenvalue weighted by atomic mass is 10.1. The van der Waals surface area contributed by atoms with Crippen LogP contribution >= 0.6 is 0 Å². The van der Waals surface area contributed by atoms with E-state index in [1.54, 1.807) is 6.07 Å². The summed E-state index contributed by atoms with van der Waals surface area (Å²) < 4.78 is 4.93. The Morgan fingerprint density at radius 1 is 1.33 bits per heavy atom. The van der Waals surface area contributed by atoms with E-state index in [1.165, 1.54) is 18.7 Å². The summed E-state index contributed by atoms with van der Waals surface area (Å²) in [5.41, 5.74) is 2.40. The molecule has 0 aliphatic carbocycles. The van der Waals surface area contributed by atoms with Gasteiger partial charge in [0.15, 0.2) is 0 Å². The molecule has 0 amide bonds. The van der Waals surface area contributed by atoms with Crippen molar-refractivity contribution in [2.75, 3.05) is 0 Å². The number of aromatic nitrogens is 2. The predicted molar refractivity (Wildman–Crippen MR) is 53.6 cm³/mol. The van der Waals surface area contributed by atoms with Gasteiger partial charge in [0.2, 0.25) is 5.78 Å². The maximum absolute atomic E-state index is 11.8. The highest BCUT2D eigenvalue weighted by Crippen LogP contribution is 2.10. The van der Waals surface area contributed by atoms with Crippen molar-refractivity contribution in [2.45, 2.75) is 13.8 Å². The predicted octanol–water partition coefficient (Wildman–Crippen LogP) is 1.92. The SMILES string of the molecule is Cc1cc(C(=O)c2ncco2)cnc1C. The number of rotatable bonds is 2. The highest BCUT2D eigenvalue weighted by Gasteiger charge is 2.14. The van der Waals surface area contributed by atoms with Gasteiger partial charge in [-0.25, -0.2) is 4.98 Å². The third-order valence-corrected chi connectivity index (χ3v) is 2.23. The van der Waals surface area contributed by atoms with Crippen molar-refractivity contribution in [3.8, 4) is 0 Å². The van der Waals surface area contributed by atoms with Gasteiger partial charge in [-0.2, -0.15) is 0 Å². The average Bonchev–Trinajstić information content (AvgIpc) is 2.74. The van der Waals surface area contributed by atoms with E-state index in [4.69, 9.17) is 4.42 Å². The molecule has 0 N–H and O–H groups in total. The fourth-order valence-electron chi connectivity index (χ4n) is 1.23. The van der Waals surface area contributed by atoms with E-state index in [0.29, 0.717) is 5.56 Å². The van der Waals surface area contributed by atoms with Gasteiger partial charge in [-0.3, -0.25) is 9.78 Å². The lowest BCUT2D eigenvalue weighted by molar-refractivity contribution is 0.100. The van der Waals surface area contributed by atoms with Crippen molar-refractivity contribution in [1.29, 1.82) is 0 Å². The molecule has 0 bridgehead atoms. The van der Waals surface area contributed by atoms with Crippen LogP contribution in [0.25, 0.3) is 0 Å². The molecule has 2 heterocycles. The maximum Gasteiger partial charge on any atom is 0.268 e. The average molecular weight is 202 g/mol. The summed E-state index contributed by atoms with van der Waals surface area (Å²) in [6.45, 7) is 3.81. The van der Waals surface area contributed by atoms with E-state index in [2.05, 4.69) is 9.97 Å². The molecule has 0 spiro atoms. The largest absolute Gasteiger partial charge is 0.442 e. The minimum absolute atomic E-state index is 0.0973. The summed E-state index contributed by atoms with van der Waals surface area (Å²) in [5.74, 6) is -0.143. The number of aryl methyl sites for hydroxylation is 2. The van der Waals surface area contributed by atoms with Crippen LogP contribution in [0.15, 0.2) is 29.1 Å². The van der Waals surface area contributed by atoms with Gasteiger partial charge in [0.25, 0.3) is 5.89 Å². The van der Waals surface area contributed by atoms with Crippen molar-refractivity contribution in [3.05, 3.63) is 47.4 Å². The van der Waals surface area contributed by atoms with E-state index in [0.717, 1.165) is 11.3 Å². The third-order valence-electron chi connectivity index (χ3n) is 2.23. The van der Waals surface area contributed by atoms with Gasteiger partial charge < -0.3 is 4.42 Å². The molecular weight excluding hydrogens is 192 g/mol. The standard InChI is InChI=1S/C11H10N2O2/c1-7-5-9(6-13-8(7)2)10(14)11-12-3-4-15-11/h3-6H,1-2H3. The highest BCUT2D eigenvalue weighted by atomic mass is 16.3. The molecule has 0 fully saturated rings. The lowest BCUT2D eigenvalue weighted by Gasteiger charge is -2.00. The number of hydrogen-bond acceptors (Lipinski definition) is 4. The van der Waals surface area contributed by atoms with Crippen molar-refractivity contribution >= 4 is 5.78 Å². The summed E-state index contributed by atoms with van der Waals surface area (Å²) in [7, 11) is 0. The highest BCUT2D eigenvalue weighted by molar-refractivity contribution is 6.05. The van der Waals surface area contributed by atoms with Crippen LogP contribution in [0.1, 0.15) is 27.5 Å². The Morgan fingerprint density at radius 3 is 2.73 bits per heavy atom. The summed E-state index contributed by atoms with van der Waals surface area (Å²) in [6, 6.07) is 1.79. The van der Waals surface area contributed by atoms with Gasteiger partial charge in [0, 0.05) is 17.5 Å². The Balaban J connectivity index is 2.39. The van der Waals surface area contributed by atoms with E-state index < -0.39 is 0 Å². The van der Waals surface area contributed by atoms with Crippen molar-refractivity contribution < 1.29 is 9.21 Å². The molecule has 0 aromatic carbocycles. The minimum atomic E-state index is -0.240. The maximum atomic E-state index is 11.8. The summed E-state index contributed by atoms with van der Waals surface area (Å²) in [5, 5.41) is 0. The summed E-state index contributed by atoms with van der Waals surface area (Å²) in [4.78, 5) is 19.7. The van der Waals surface area contributed by atoms with Crippen LogP contribution in [-0.4, -0.2) is 15.8 Å². The number of pyridine rings is 1. The minimum Gasteiger partial charge on any atom is -0.442 e. The van der Waals surface area contributed by atoms with Crippen molar-refractivity contribution in [2.24, 2.45) is 0 Å². The molecule has 4 nitrogen and oxygen atoms in total. The van der Waals surface area contributed by atoms with Crippen LogP contribution < -0.4 is 0 Å². The van der Waals surface area contributed by atoms with Gasteiger partial charge in [0.1, 0.15) is 6.26 Å². The summed E-state index contributed by atoms with van der Waals surface area (Å²) in [6.07, 6.45) is 4.36. The van der Waals surface area contributed by atoms with Crippen LogP contribution in [0.5, 0.6) is 0 Å². The Bertz CT molecular complexity index is 489. The van der Waals surface area contributed by atoms with Gasteiger partial charge in [-0.15, -0.1) is 0 Å². The number of carbonyl (C=O) groups excluding carboxylic acids is 1. The van der Waals surface area contributed by atoms with Gasteiger partial charge in [-0.1, -0.05) is 0 Å². The third kappa shape index (κ3) is 1.79. The molecule has 15 heavy (non-hydrogen) atoms. The molecule has 0 unspecified atom stereocenters. The van der Waals surface area contributed by atoms with E-state index in [9.17, 15) is 4.79 Å². The quantitative estimate of drug-likeness (QED) is 0.698. The molecule has 4 heteroatoms. The summed E-state index contributed by atoms with van der Waals surface area (Å²) >= 11 is 0. The first-order chi connectivity index (χ1) is 7.18. The van der Waals surface area contributed by atoms with Crippen LogP contribution in [0.3, 0.4) is 0 Å². The van der Waals surface area contributed by atoms with E-state index >= 15 is 0 Å². The molecule has 2 aromatic heterocycles. The lowest BCUT2D eigenvalue weighted by Crippen LogP contribution is -2.03. The second kappa shape index (κ2) is 3.65. The first-order valence-corrected chi connectivity index (χ1v) is 4.56. The van der Waals surface area contributed by atoms with Crippen molar-refractivity contribution in [3.63, 3.8) is 0 Å². The zero-order chi connectivity index (χ0) is 10.8. The first-order valence-electron chi connectivity index (χ1n) is 4.56. The molecule has 2 rings (SSSR count). The molecule has 0 radical (unpaired) electrons. The van der Waals surface area contributed by atoms with Gasteiger partial charge >= 0.3 is 0 Å². The molecular formula is C11H10N2O2. The van der Waals surface area contributed by atoms with E-state index in [-0.39, 0.29) is 11.7 Å². The van der Waals surface area contributed by atoms with Gasteiger partial charge in [-0.05, 0) is 25.5 Å². The number of nitrogens with zero attached hydrogens (tertiary/aromatic N) is 2. The zero-order valence-electron chi connectivity index (χ0n) is 8.52. The van der Waals surface area contributed by atoms with Crippen LogP contribution in [0, 0.1) is 13.8 Å². The topological polar surface area (TPSA) is 56.0 Å². The van der Waals surface area contributed by atoms with Crippen molar-refractivity contribution in [1.82, 2.24) is 9.97 Å². The smallest absolute Gasteiger partial charge is 0.268 e. The number of ketones is 1. The number of hydrogen-bond donors (Lipinski definition) is 0. The normalized spacial score (nSPS) is 10.3. The molecule has 0 aliphatic rings. The van der Waals surface area contributed by atoms with Crippen LogP contribution in [0.2, 0.25) is 0 Å². The second-order valence-corrected chi connectivity index (χ2v) is 3.29. The number of carbonyl (C=O) groups is 1. The molecule has 0 atom stereocenters. The molecule has 0 saturated heterocycles. The number of oxazole rings is 1. The Kier molecular flexibility index (Phi) is 2.33. The molecule has 0 aliphatic heterocycles. The fraction of sp³-hybridized carbons (Fsp3) is 0.182. The Morgan fingerprint density at radius 2 is 2.13 bits per heavy atom. The molecule has 0 saturated carbocycles. The first kappa shape index (κ1) is 9.58. The molecule has 2 aromatic rings. The Hall–Kier alpha value is -1.97. The van der Waals surface area contributed by atoms with Gasteiger partial charge in [0.05, 0.1) is 6.20 Å². The van der Waals surface area contributed by atoms with E-state index in [1.807, 2.05) is 13.8 Å². The monoisotopic (exact) mass is 202 g/mol. The van der Waals surface area contributed by atoms with Crippen LogP contribution in [0.4, 0.5) is 0 Å².